The molecule has 152 valence electrons. The second-order valence-corrected chi connectivity index (χ2v) is 8.08. The average Bonchev–Trinajstić information content (AvgIpc) is 2.69. The van der Waals surface area contributed by atoms with E-state index in [9.17, 15) is 4.79 Å². The molecule has 0 radical (unpaired) electrons. The maximum absolute atomic E-state index is 12.3. The number of primary amides is 1. The van der Waals surface area contributed by atoms with Gasteiger partial charge in [0.2, 0.25) is 11.7 Å². The van der Waals surface area contributed by atoms with Crippen molar-refractivity contribution in [2.75, 3.05) is 32.6 Å². The molecule has 0 atom stereocenters. The highest BCUT2D eigenvalue weighted by Gasteiger charge is 2.55. The van der Waals surface area contributed by atoms with Crippen molar-refractivity contribution in [2.24, 2.45) is 11.1 Å². The summed E-state index contributed by atoms with van der Waals surface area (Å²) in [6.45, 7) is 2.54. The highest BCUT2D eigenvalue weighted by atomic mass is 16.5. The summed E-state index contributed by atoms with van der Waals surface area (Å²) in [4.78, 5) is 24.0. The minimum Gasteiger partial charge on any atom is -0.479 e. The second kappa shape index (κ2) is 7.68. The van der Waals surface area contributed by atoms with E-state index in [0.29, 0.717) is 12.2 Å². The number of rotatable bonds is 6. The summed E-state index contributed by atoms with van der Waals surface area (Å²) >= 11 is 0. The molecule has 0 spiro atoms. The van der Waals surface area contributed by atoms with Crippen molar-refractivity contribution >= 4 is 11.7 Å². The summed E-state index contributed by atoms with van der Waals surface area (Å²) in [6.07, 6.45) is 3.13. The number of carbonyl (C=O) groups excluding carboxylic acids is 1. The number of hydrogen-bond donors (Lipinski definition) is 1. The van der Waals surface area contributed by atoms with Gasteiger partial charge in [-0.25, -0.2) is 9.78 Å². The molecule has 1 aliphatic carbocycles. The van der Waals surface area contributed by atoms with E-state index in [2.05, 4.69) is 48.0 Å². The average molecular weight is 394 g/mol. The van der Waals surface area contributed by atoms with Crippen LogP contribution in [0.5, 0.6) is 5.88 Å². The summed E-state index contributed by atoms with van der Waals surface area (Å²) in [5.74, 6) is 0.126. The number of anilines is 1. The van der Waals surface area contributed by atoms with Gasteiger partial charge in [-0.2, -0.15) is 10.2 Å². The molecule has 1 heterocycles. The molecule has 8 nitrogen and oxygen atoms in total. The molecule has 2 N–H and O–H groups in total. The van der Waals surface area contributed by atoms with Gasteiger partial charge in [0, 0.05) is 12.1 Å². The van der Waals surface area contributed by atoms with Gasteiger partial charge < -0.3 is 10.5 Å². The highest BCUT2D eigenvalue weighted by Crippen LogP contribution is 2.57. The number of nitrogens with two attached hydrogens (primary N) is 1. The number of urea groups is 1. The fourth-order valence-electron chi connectivity index (χ4n) is 4.41. The summed E-state index contributed by atoms with van der Waals surface area (Å²) in [6, 6.07) is 11.6. The number of methoxy groups -OCH3 is 1. The molecule has 0 bridgehead atoms. The molecule has 1 aromatic carbocycles. The monoisotopic (exact) mass is 394 g/mol. The Morgan fingerprint density at radius 2 is 1.97 bits per heavy atom. The quantitative estimate of drug-likeness (QED) is 0.806. The number of carbonyl (C=O) groups is 1. The van der Waals surface area contributed by atoms with Crippen LogP contribution in [0.3, 0.4) is 0 Å². The maximum atomic E-state index is 12.3. The fourth-order valence-corrected chi connectivity index (χ4v) is 4.41. The van der Waals surface area contributed by atoms with Gasteiger partial charge in [0.05, 0.1) is 13.3 Å². The van der Waals surface area contributed by atoms with Crippen molar-refractivity contribution < 1.29 is 9.53 Å². The van der Waals surface area contributed by atoms with Crippen LogP contribution >= 0.6 is 0 Å². The van der Waals surface area contributed by atoms with Crippen LogP contribution in [-0.4, -0.2) is 48.6 Å². The van der Waals surface area contributed by atoms with Crippen LogP contribution in [-0.2, 0) is 5.54 Å². The molecular formula is C21H26N6O2. The van der Waals surface area contributed by atoms with Crippen molar-refractivity contribution in [1.82, 2.24) is 14.9 Å². The van der Waals surface area contributed by atoms with E-state index in [-0.39, 0.29) is 22.7 Å². The Bertz CT molecular complexity index is 932. The Kier molecular flexibility index (Phi) is 5.44. The molecule has 29 heavy (non-hydrogen) atoms. The van der Waals surface area contributed by atoms with Crippen LogP contribution < -0.4 is 15.4 Å². The predicted molar refractivity (Wildman–Crippen MR) is 109 cm³/mol. The number of aromatic nitrogens is 2. The molecule has 0 saturated heterocycles. The van der Waals surface area contributed by atoms with Crippen LogP contribution in [0.25, 0.3) is 0 Å². The lowest BCUT2D eigenvalue weighted by atomic mass is 9.55. The Morgan fingerprint density at radius 1 is 1.31 bits per heavy atom. The van der Waals surface area contributed by atoms with E-state index in [1.165, 1.54) is 23.8 Å². The molecule has 0 aliphatic heterocycles. The summed E-state index contributed by atoms with van der Waals surface area (Å²) in [5, 5.41) is 9.01. The van der Waals surface area contributed by atoms with E-state index >= 15 is 0 Å². The number of benzene rings is 1. The lowest BCUT2D eigenvalue weighted by molar-refractivity contribution is -0.0531. The first kappa shape index (κ1) is 20.6. The molecular weight excluding hydrogens is 368 g/mol. The molecule has 0 unspecified atom stereocenters. The Morgan fingerprint density at radius 3 is 2.48 bits per heavy atom. The van der Waals surface area contributed by atoms with Crippen LogP contribution in [0, 0.1) is 16.7 Å². The number of hydrogen-bond acceptors (Lipinski definition) is 6. The van der Waals surface area contributed by atoms with Crippen LogP contribution in [0.15, 0.2) is 36.5 Å². The SMILES string of the molecule is COc1nc(C#N)ncc1N(C[C@]1(C)C[C@@](c2ccccc2)(N(C)C)C1)C(N)=O. The zero-order chi connectivity index (χ0) is 21.2. The van der Waals surface area contributed by atoms with Crippen molar-refractivity contribution in [3.63, 3.8) is 0 Å². The normalized spacial score (nSPS) is 23.2. The van der Waals surface area contributed by atoms with Crippen molar-refractivity contribution in [1.29, 1.82) is 5.26 Å². The zero-order valence-corrected chi connectivity index (χ0v) is 17.2. The zero-order valence-electron chi connectivity index (χ0n) is 17.2. The number of nitrogens with zero attached hydrogens (tertiary/aromatic N) is 5. The maximum Gasteiger partial charge on any atom is 0.319 e. The van der Waals surface area contributed by atoms with Crippen LogP contribution in [0.4, 0.5) is 10.5 Å². The molecule has 2 amide bonds. The molecule has 8 heteroatoms. The number of ether oxygens (including phenoxy) is 1. The molecule has 1 aromatic heterocycles. The predicted octanol–water partition coefficient (Wildman–Crippen LogP) is 2.50. The highest BCUT2D eigenvalue weighted by molar-refractivity contribution is 5.92. The third-order valence-electron chi connectivity index (χ3n) is 5.73. The Balaban J connectivity index is 1.88. The largest absolute Gasteiger partial charge is 0.479 e. The van der Waals surface area contributed by atoms with Gasteiger partial charge in [0.1, 0.15) is 11.8 Å². The topological polar surface area (TPSA) is 108 Å². The smallest absolute Gasteiger partial charge is 0.319 e. The van der Waals surface area contributed by atoms with Gasteiger partial charge in [-0.05, 0) is 37.9 Å². The van der Waals surface area contributed by atoms with Gasteiger partial charge in [-0.15, -0.1) is 0 Å². The summed E-state index contributed by atoms with van der Waals surface area (Å²) in [7, 11) is 5.59. The van der Waals surface area contributed by atoms with Gasteiger partial charge >= 0.3 is 6.03 Å². The standard InChI is InChI=1S/C21H26N6O2/c1-20(12-21(13-20,26(2)3)15-8-6-5-7-9-15)14-27(19(23)28)16-11-24-17(10-22)25-18(16)29-4/h5-9,11H,12-14H2,1-4H3,(H2,23,28)/t20-,21-. The van der Waals surface area contributed by atoms with E-state index in [4.69, 9.17) is 15.7 Å². The first-order chi connectivity index (χ1) is 13.7. The van der Waals surface area contributed by atoms with E-state index in [0.717, 1.165) is 12.8 Å². The first-order valence-corrected chi connectivity index (χ1v) is 9.36. The number of nitriles is 1. The van der Waals surface area contributed by atoms with E-state index < -0.39 is 6.03 Å². The summed E-state index contributed by atoms with van der Waals surface area (Å²) in [5.41, 5.74) is 7.06. The molecule has 3 rings (SSSR count). The van der Waals surface area contributed by atoms with Crippen LogP contribution in [0.1, 0.15) is 31.2 Å². The molecule has 1 fully saturated rings. The van der Waals surface area contributed by atoms with Crippen molar-refractivity contribution in [3.8, 4) is 11.9 Å². The van der Waals surface area contributed by atoms with Gasteiger partial charge in [0.15, 0.2) is 0 Å². The second-order valence-electron chi connectivity index (χ2n) is 8.08. The first-order valence-electron chi connectivity index (χ1n) is 9.36. The lowest BCUT2D eigenvalue weighted by Crippen LogP contribution is -2.60. The fraction of sp³-hybridized carbons (Fsp3) is 0.429. The lowest BCUT2D eigenvalue weighted by Gasteiger charge is -2.59. The van der Waals surface area contributed by atoms with Gasteiger partial charge in [0.25, 0.3) is 0 Å². The summed E-state index contributed by atoms with van der Waals surface area (Å²) < 4.78 is 5.27. The van der Waals surface area contributed by atoms with Gasteiger partial charge in [-0.1, -0.05) is 37.3 Å². The van der Waals surface area contributed by atoms with E-state index in [1.54, 1.807) is 0 Å². The third-order valence-corrected chi connectivity index (χ3v) is 5.73. The third kappa shape index (κ3) is 3.74. The van der Waals surface area contributed by atoms with E-state index in [1.807, 2.05) is 24.3 Å². The molecule has 1 aliphatic rings. The number of amides is 2. The molecule has 2 aromatic rings. The minimum absolute atomic E-state index is 0.0272. The van der Waals surface area contributed by atoms with Gasteiger partial charge in [-0.3, -0.25) is 9.80 Å². The van der Waals surface area contributed by atoms with Crippen LogP contribution in [0.2, 0.25) is 0 Å². The Hall–Kier alpha value is -3.18. The Labute approximate surface area is 170 Å². The van der Waals surface area contributed by atoms with Crippen molar-refractivity contribution in [2.45, 2.75) is 25.3 Å². The van der Waals surface area contributed by atoms with Crippen molar-refractivity contribution in [3.05, 3.63) is 47.9 Å². The molecule has 1 saturated carbocycles. The minimum atomic E-state index is -0.611.